The van der Waals surface area contributed by atoms with E-state index < -0.39 is 0 Å². The molecule has 3 heteroatoms. The average molecular weight is 272 g/mol. The molecule has 1 aromatic rings. The van der Waals surface area contributed by atoms with Crippen molar-refractivity contribution in [3.63, 3.8) is 0 Å². The first kappa shape index (κ1) is 13.0. The number of rotatable bonds is 3. The maximum Gasteiger partial charge on any atom is 0.0721 e. The summed E-state index contributed by atoms with van der Waals surface area (Å²) < 4.78 is 0. The van der Waals surface area contributed by atoms with Crippen molar-refractivity contribution in [1.82, 2.24) is 0 Å². The Balaban J connectivity index is 2.04. The van der Waals surface area contributed by atoms with Crippen LogP contribution in [0.4, 0.5) is 5.69 Å². The summed E-state index contributed by atoms with van der Waals surface area (Å²) in [6, 6.07) is 6.07. The maximum absolute atomic E-state index is 6.17. The Kier molecular flexibility index (Phi) is 4.58. The van der Waals surface area contributed by atoms with Gasteiger partial charge in [0, 0.05) is 6.04 Å². The monoisotopic (exact) mass is 271 g/mol. The zero-order valence-corrected chi connectivity index (χ0v) is 11.7. The molecule has 0 amide bonds. The molecule has 2 rings (SSSR count). The van der Waals surface area contributed by atoms with Crippen molar-refractivity contribution in [3.8, 4) is 0 Å². The number of para-hydroxylation sites is 1. The molecule has 0 heterocycles. The van der Waals surface area contributed by atoms with Crippen LogP contribution in [0.2, 0.25) is 10.0 Å². The van der Waals surface area contributed by atoms with Gasteiger partial charge in [0.1, 0.15) is 0 Å². The Labute approximate surface area is 114 Å². The van der Waals surface area contributed by atoms with E-state index in [0.29, 0.717) is 16.1 Å². The summed E-state index contributed by atoms with van der Waals surface area (Å²) in [5.74, 6) is 0.746. The fourth-order valence-electron chi connectivity index (χ4n) is 2.62. The van der Waals surface area contributed by atoms with Gasteiger partial charge < -0.3 is 5.32 Å². The van der Waals surface area contributed by atoms with Crippen LogP contribution in [0.3, 0.4) is 0 Å². The van der Waals surface area contributed by atoms with Crippen molar-refractivity contribution >= 4 is 28.9 Å². The number of benzene rings is 1. The highest BCUT2D eigenvalue weighted by atomic mass is 35.5. The number of nitrogens with one attached hydrogen (secondary N) is 1. The summed E-state index contributed by atoms with van der Waals surface area (Å²) in [6.07, 6.45) is 6.72. The lowest BCUT2D eigenvalue weighted by atomic mass is 9.84. The van der Waals surface area contributed by atoms with E-state index in [1.807, 2.05) is 18.2 Å². The average Bonchev–Trinajstić information content (AvgIpc) is 2.35. The van der Waals surface area contributed by atoms with Crippen LogP contribution in [0.25, 0.3) is 0 Å². The minimum absolute atomic E-state index is 0.438. The molecule has 1 saturated carbocycles. The maximum atomic E-state index is 6.17. The molecule has 1 nitrogen and oxygen atoms in total. The van der Waals surface area contributed by atoms with Crippen LogP contribution >= 0.6 is 23.2 Å². The fourth-order valence-corrected chi connectivity index (χ4v) is 3.12. The predicted octanol–water partition coefficient (Wildman–Crippen LogP) is 5.37. The summed E-state index contributed by atoms with van der Waals surface area (Å²) in [4.78, 5) is 0. The second-order valence-corrected chi connectivity index (χ2v) is 5.74. The van der Waals surface area contributed by atoms with Crippen molar-refractivity contribution in [2.24, 2.45) is 5.92 Å². The Morgan fingerprint density at radius 1 is 1.12 bits per heavy atom. The van der Waals surface area contributed by atoms with E-state index in [2.05, 4.69) is 12.2 Å². The largest absolute Gasteiger partial charge is 0.380 e. The highest BCUT2D eigenvalue weighted by Gasteiger charge is 2.21. The molecular formula is C14H19Cl2N. The van der Waals surface area contributed by atoms with Crippen molar-refractivity contribution in [2.45, 2.75) is 45.1 Å². The van der Waals surface area contributed by atoms with Crippen molar-refractivity contribution in [1.29, 1.82) is 0 Å². The number of anilines is 1. The molecule has 1 aliphatic carbocycles. The molecule has 0 spiro atoms. The van der Waals surface area contributed by atoms with Gasteiger partial charge in [0.2, 0.25) is 0 Å². The number of hydrogen-bond donors (Lipinski definition) is 1. The molecule has 1 atom stereocenters. The highest BCUT2D eigenvalue weighted by Crippen LogP contribution is 2.33. The molecule has 0 aromatic heterocycles. The van der Waals surface area contributed by atoms with Gasteiger partial charge in [-0.1, -0.05) is 48.5 Å². The molecular weight excluding hydrogens is 253 g/mol. The molecule has 1 N–H and O–H groups in total. The van der Waals surface area contributed by atoms with E-state index >= 15 is 0 Å². The van der Waals surface area contributed by atoms with Gasteiger partial charge in [-0.2, -0.15) is 0 Å². The van der Waals surface area contributed by atoms with E-state index in [0.717, 1.165) is 11.6 Å². The van der Waals surface area contributed by atoms with Gasteiger partial charge in [-0.3, -0.25) is 0 Å². The minimum Gasteiger partial charge on any atom is -0.380 e. The van der Waals surface area contributed by atoms with E-state index in [-0.39, 0.29) is 0 Å². The normalized spacial score (nSPS) is 19.0. The summed E-state index contributed by atoms with van der Waals surface area (Å²) in [5, 5.41) is 4.90. The molecule has 1 unspecified atom stereocenters. The van der Waals surface area contributed by atoms with E-state index in [4.69, 9.17) is 23.2 Å². The molecule has 17 heavy (non-hydrogen) atoms. The molecule has 1 aliphatic rings. The lowest BCUT2D eigenvalue weighted by Crippen LogP contribution is -2.27. The molecule has 0 saturated heterocycles. The second-order valence-electron chi connectivity index (χ2n) is 4.93. The Bertz CT molecular complexity index is 352. The first-order valence-electron chi connectivity index (χ1n) is 6.39. The van der Waals surface area contributed by atoms with Gasteiger partial charge in [0.05, 0.1) is 15.7 Å². The van der Waals surface area contributed by atoms with Gasteiger partial charge in [-0.05, 0) is 37.8 Å². The van der Waals surface area contributed by atoms with Gasteiger partial charge in [0.25, 0.3) is 0 Å². The minimum atomic E-state index is 0.438. The third kappa shape index (κ3) is 3.29. The zero-order valence-electron chi connectivity index (χ0n) is 10.2. The Morgan fingerprint density at radius 3 is 2.29 bits per heavy atom. The van der Waals surface area contributed by atoms with Crippen LogP contribution in [0.1, 0.15) is 39.0 Å². The summed E-state index contributed by atoms with van der Waals surface area (Å²) >= 11 is 12.3. The van der Waals surface area contributed by atoms with Crippen LogP contribution in [0.15, 0.2) is 18.2 Å². The van der Waals surface area contributed by atoms with Gasteiger partial charge in [-0.25, -0.2) is 0 Å². The van der Waals surface area contributed by atoms with Gasteiger partial charge in [-0.15, -0.1) is 0 Å². The third-order valence-corrected chi connectivity index (χ3v) is 4.32. The lowest BCUT2D eigenvalue weighted by Gasteiger charge is -2.29. The SMILES string of the molecule is CC(Nc1c(Cl)cccc1Cl)C1CCCCC1. The molecule has 94 valence electrons. The molecule has 0 aliphatic heterocycles. The topological polar surface area (TPSA) is 12.0 Å². The second kappa shape index (κ2) is 5.97. The van der Waals surface area contributed by atoms with Gasteiger partial charge in [0.15, 0.2) is 0 Å². The van der Waals surface area contributed by atoms with E-state index in [9.17, 15) is 0 Å². The van der Waals surface area contributed by atoms with Crippen LogP contribution in [0.5, 0.6) is 0 Å². The van der Waals surface area contributed by atoms with E-state index in [1.54, 1.807) is 0 Å². The highest BCUT2D eigenvalue weighted by molar-refractivity contribution is 6.39. The fraction of sp³-hybridized carbons (Fsp3) is 0.571. The smallest absolute Gasteiger partial charge is 0.0721 e. The summed E-state index contributed by atoms with van der Waals surface area (Å²) in [5.41, 5.74) is 0.883. The van der Waals surface area contributed by atoms with Crippen molar-refractivity contribution in [3.05, 3.63) is 28.2 Å². The molecule has 0 bridgehead atoms. The standard InChI is InChI=1S/C14H19Cl2N/c1-10(11-6-3-2-4-7-11)17-14-12(15)8-5-9-13(14)16/h5,8-11,17H,2-4,6-7H2,1H3. The van der Waals surface area contributed by atoms with E-state index in [1.165, 1.54) is 32.1 Å². The number of hydrogen-bond acceptors (Lipinski definition) is 1. The molecule has 0 radical (unpaired) electrons. The van der Waals surface area contributed by atoms with Crippen LogP contribution in [-0.4, -0.2) is 6.04 Å². The quantitative estimate of drug-likeness (QED) is 0.779. The zero-order chi connectivity index (χ0) is 12.3. The first-order chi connectivity index (χ1) is 8.18. The molecule has 1 fully saturated rings. The van der Waals surface area contributed by atoms with Gasteiger partial charge >= 0.3 is 0 Å². The van der Waals surface area contributed by atoms with Crippen molar-refractivity contribution < 1.29 is 0 Å². The van der Waals surface area contributed by atoms with Crippen LogP contribution in [0, 0.1) is 5.92 Å². The number of halogens is 2. The molecule has 1 aromatic carbocycles. The van der Waals surface area contributed by atoms with Crippen LogP contribution < -0.4 is 5.32 Å². The first-order valence-corrected chi connectivity index (χ1v) is 7.14. The Morgan fingerprint density at radius 2 is 1.71 bits per heavy atom. The summed E-state index contributed by atoms with van der Waals surface area (Å²) in [7, 11) is 0. The predicted molar refractivity (Wildman–Crippen MR) is 76.1 cm³/mol. The third-order valence-electron chi connectivity index (χ3n) is 3.69. The Hall–Kier alpha value is -0.400. The lowest BCUT2D eigenvalue weighted by molar-refractivity contribution is 0.328. The van der Waals surface area contributed by atoms with Crippen molar-refractivity contribution in [2.75, 3.05) is 5.32 Å². The van der Waals surface area contributed by atoms with Crippen LogP contribution in [-0.2, 0) is 0 Å². The summed E-state index contributed by atoms with van der Waals surface area (Å²) in [6.45, 7) is 2.23.